The van der Waals surface area contributed by atoms with Gasteiger partial charge in [-0.1, -0.05) is 0 Å². The van der Waals surface area contributed by atoms with E-state index in [0.717, 1.165) is 32.7 Å². The third kappa shape index (κ3) is 5.75. The molecule has 116 valence electrons. The molecule has 1 unspecified atom stereocenters. The van der Waals surface area contributed by atoms with Gasteiger partial charge >= 0.3 is 12.0 Å². The van der Waals surface area contributed by atoms with E-state index in [1.807, 2.05) is 6.92 Å². The van der Waals surface area contributed by atoms with E-state index in [9.17, 15) is 9.59 Å². The lowest BCUT2D eigenvalue weighted by Crippen LogP contribution is -2.49. The summed E-state index contributed by atoms with van der Waals surface area (Å²) in [6, 6.07) is -0.479. The zero-order chi connectivity index (χ0) is 15.0. The topological polar surface area (TPSA) is 84.9 Å². The zero-order valence-corrected chi connectivity index (χ0v) is 12.4. The molecule has 1 heterocycles. The Morgan fingerprint density at radius 2 is 2.05 bits per heavy atom. The summed E-state index contributed by atoms with van der Waals surface area (Å²) in [5.74, 6) is -0.885. The fourth-order valence-electron chi connectivity index (χ4n) is 2.38. The van der Waals surface area contributed by atoms with E-state index in [0.29, 0.717) is 13.1 Å². The summed E-state index contributed by atoms with van der Waals surface area (Å²) in [6.45, 7) is 9.53. The average molecular weight is 286 g/mol. The Hall–Kier alpha value is -1.34. The number of carbonyl (C=O) groups excluding carboxylic acids is 1. The lowest BCUT2D eigenvalue weighted by atomic mass is 10.2. The largest absolute Gasteiger partial charge is 0.481 e. The maximum atomic E-state index is 12.0. The van der Waals surface area contributed by atoms with Crippen LogP contribution in [0.5, 0.6) is 0 Å². The normalized spacial score (nSPS) is 17.5. The molecule has 0 spiro atoms. The number of urea groups is 1. The second-order valence-corrected chi connectivity index (χ2v) is 5.06. The lowest BCUT2D eigenvalue weighted by Gasteiger charge is -2.29. The van der Waals surface area contributed by atoms with Gasteiger partial charge in [-0.25, -0.2) is 4.79 Å². The van der Waals surface area contributed by atoms with Gasteiger partial charge in [0.25, 0.3) is 0 Å². The molecule has 0 radical (unpaired) electrons. The molecule has 7 nitrogen and oxygen atoms in total. The van der Waals surface area contributed by atoms with Crippen molar-refractivity contribution in [1.82, 2.24) is 20.4 Å². The fourth-order valence-corrected chi connectivity index (χ4v) is 2.38. The highest BCUT2D eigenvalue weighted by Crippen LogP contribution is 2.04. The molecule has 1 rings (SSSR count). The third-order valence-electron chi connectivity index (χ3n) is 3.52. The van der Waals surface area contributed by atoms with Gasteiger partial charge in [0.2, 0.25) is 0 Å². The van der Waals surface area contributed by atoms with E-state index in [4.69, 9.17) is 5.11 Å². The maximum absolute atomic E-state index is 12.0. The van der Waals surface area contributed by atoms with Crippen molar-refractivity contribution in [2.75, 3.05) is 45.8 Å². The number of amides is 2. The standard InChI is InChI=1S/C13H26N4O3/c1-3-17(11(2)10-12(18)19)13(20)15-6-9-16-7-4-14-5-8-16/h11,14H,3-10H2,1-2H3,(H,15,20)(H,18,19). The minimum absolute atomic E-state index is 0.0287. The van der Waals surface area contributed by atoms with Crippen LogP contribution in [0.15, 0.2) is 0 Å². The smallest absolute Gasteiger partial charge is 0.317 e. The van der Waals surface area contributed by atoms with Crippen molar-refractivity contribution in [3.8, 4) is 0 Å². The Bertz CT molecular complexity index is 319. The van der Waals surface area contributed by atoms with Gasteiger partial charge in [0.05, 0.1) is 6.42 Å². The lowest BCUT2D eigenvalue weighted by molar-refractivity contribution is -0.138. The van der Waals surface area contributed by atoms with Crippen LogP contribution in [-0.2, 0) is 4.79 Å². The first-order chi connectivity index (χ1) is 9.54. The Balaban J connectivity index is 2.29. The first-order valence-corrected chi connectivity index (χ1v) is 7.24. The Labute approximate surface area is 120 Å². The van der Waals surface area contributed by atoms with Crippen LogP contribution in [0.25, 0.3) is 0 Å². The Morgan fingerprint density at radius 1 is 1.40 bits per heavy atom. The third-order valence-corrected chi connectivity index (χ3v) is 3.52. The second kappa shape index (κ2) is 8.76. The van der Waals surface area contributed by atoms with Gasteiger partial charge in [-0.15, -0.1) is 0 Å². The number of carboxylic acids is 1. The predicted molar refractivity (Wildman–Crippen MR) is 76.8 cm³/mol. The molecule has 0 aliphatic carbocycles. The van der Waals surface area contributed by atoms with E-state index in [-0.39, 0.29) is 18.5 Å². The summed E-state index contributed by atoms with van der Waals surface area (Å²) >= 11 is 0. The minimum atomic E-state index is -0.885. The quantitative estimate of drug-likeness (QED) is 0.603. The number of nitrogens with one attached hydrogen (secondary N) is 2. The second-order valence-electron chi connectivity index (χ2n) is 5.06. The molecule has 3 N–H and O–H groups in total. The molecule has 0 aromatic carbocycles. The van der Waals surface area contributed by atoms with E-state index in [2.05, 4.69) is 15.5 Å². The molecule has 1 fully saturated rings. The molecule has 0 aromatic rings. The number of aliphatic carboxylic acids is 1. The van der Waals surface area contributed by atoms with Gasteiger partial charge in [0.1, 0.15) is 0 Å². The molecule has 0 bridgehead atoms. The monoisotopic (exact) mass is 286 g/mol. The Morgan fingerprint density at radius 3 is 2.60 bits per heavy atom. The van der Waals surface area contributed by atoms with Gasteiger partial charge in [0.15, 0.2) is 0 Å². The van der Waals surface area contributed by atoms with Gasteiger partial charge in [-0.2, -0.15) is 0 Å². The van der Waals surface area contributed by atoms with Crippen LogP contribution in [0.1, 0.15) is 20.3 Å². The van der Waals surface area contributed by atoms with Crippen molar-refractivity contribution in [3.05, 3.63) is 0 Å². The molecule has 1 atom stereocenters. The highest BCUT2D eigenvalue weighted by Gasteiger charge is 2.20. The van der Waals surface area contributed by atoms with Crippen molar-refractivity contribution < 1.29 is 14.7 Å². The van der Waals surface area contributed by atoms with Crippen molar-refractivity contribution in [1.29, 1.82) is 0 Å². The number of carboxylic acid groups (broad SMARTS) is 1. The van der Waals surface area contributed by atoms with Crippen LogP contribution in [-0.4, -0.2) is 78.8 Å². The number of piperazine rings is 1. The number of nitrogens with zero attached hydrogens (tertiary/aromatic N) is 2. The van der Waals surface area contributed by atoms with Crippen LogP contribution in [0, 0.1) is 0 Å². The van der Waals surface area contributed by atoms with Crippen LogP contribution in [0.2, 0.25) is 0 Å². The first kappa shape index (κ1) is 16.7. The predicted octanol–water partition coefficient (Wildman–Crippen LogP) is -0.214. The van der Waals surface area contributed by atoms with E-state index < -0.39 is 5.97 Å². The molecule has 0 saturated carbocycles. The van der Waals surface area contributed by atoms with Crippen molar-refractivity contribution in [3.63, 3.8) is 0 Å². The fraction of sp³-hybridized carbons (Fsp3) is 0.846. The molecule has 2 amide bonds. The molecular weight excluding hydrogens is 260 g/mol. The highest BCUT2D eigenvalue weighted by molar-refractivity contribution is 5.75. The number of rotatable bonds is 7. The SMILES string of the molecule is CCN(C(=O)NCCN1CCNCC1)C(C)CC(=O)O. The number of hydrogen-bond acceptors (Lipinski definition) is 4. The molecule has 1 aliphatic rings. The van der Waals surface area contributed by atoms with E-state index >= 15 is 0 Å². The molecule has 0 aromatic heterocycles. The summed E-state index contributed by atoms with van der Waals surface area (Å²) < 4.78 is 0. The molecule has 1 saturated heterocycles. The zero-order valence-electron chi connectivity index (χ0n) is 12.4. The van der Waals surface area contributed by atoms with Gasteiger partial charge in [0, 0.05) is 51.9 Å². The van der Waals surface area contributed by atoms with Crippen LogP contribution >= 0.6 is 0 Å². The molecule has 20 heavy (non-hydrogen) atoms. The van der Waals surface area contributed by atoms with E-state index in [1.54, 1.807) is 11.8 Å². The van der Waals surface area contributed by atoms with E-state index in [1.165, 1.54) is 0 Å². The molecule has 1 aliphatic heterocycles. The van der Waals surface area contributed by atoms with Gasteiger partial charge in [-0.3, -0.25) is 9.69 Å². The van der Waals surface area contributed by atoms with Crippen molar-refractivity contribution >= 4 is 12.0 Å². The summed E-state index contributed by atoms with van der Waals surface area (Å²) in [6.07, 6.45) is -0.0287. The summed E-state index contributed by atoms with van der Waals surface area (Å²) in [7, 11) is 0. The molecule has 7 heteroatoms. The number of hydrogen-bond donors (Lipinski definition) is 3. The van der Waals surface area contributed by atoms with Crippen molar-refractivity contribution in [2.45, 2.75) is 26.3 Å². The summed E-state index contributed by atoms with van der Waals surface area (Å²) in [5.41, 5.74) is 0. The molecular formula is C13H26N4O3. The maximum Gasteiger partial charge on any atom is 0.317 e. The van der Waals surface area contributed by atoms with Crippen molar-refractivity contribution in [2.24, 2.45) is 0 Å². The Kier molecular flexibility index (Phi) is 7.32. The van der Waals surface area contributed by atoms with Crippen LogP contribution in [0.4, 0.5) is 4.79 Å². The summed E-state index contributed by atoms with van der Waals surface area (Å²) in [5, 5.41) is 14.9. The first-order valence-electron chi connectivity index (χ1n) is 7.24. The van der Waals surface area contributed by atoms with Gasteiger partial charge < -0.3 is 20.6 Å². The number of carbonyl (C=O) groups is 2. The van der Waals surface area contributed by atoms with Gasteiger partial charge in [-0.05, 0) is 13.8 Å². The summed E-state index contributed by atoms with van der Waals surface area (Å²) in [4.78, 5) is 26.6. The van der Waals surface area contributed by atoms with Crippen LogP contribution < -0.4 is 10.6 Å². The van der Waals surface area contributed by atoms with Crippen LogP contribution in [0.3, 0.4) is 0 Å². The average Bonchev–Trinajstić information content (AvgIpc) is 2.40. The highest BCUT2D eigenvalue weighted by atomic mass is 16.4. The minimum Gasteiger partial charge on any atom is -0.481 e.